The summed E-state index contributed by atoms with van der Waals surface area (Å²) in [6.45, 7) is 5.26. The van der Waals surface area contributed by atoms with Gasteiger partial charge in [-0.15, -0.1) is 0 Å². The van der Waals surface area contributed by atoms with E-state index in [2.05, 4.69) is 17.6 Å². The highest BCUT2D eigenvalue weighted by Crippen LogP contribution is 2.23. The maximum absolute atomic E-state index is 13.8. The molecular formula is C21H29FN2O4. The number of rotatable bonds is 7. The molecule has 0 unspecified atom stereocenters. The van der Waals surface area contributed by atoms with E-state index >= 15 is 0 Å². The number of hydrogen-bond donors (Lipinski definition) is 2. The molecule has 6 nitrogen and oxygen atoms in total. The number of benzene rings is 1. The molecule has 154 valence electrons. The SMILES string of the molecule is CC1CCC(NC(=O)COC(=O)[C@@H](NC(=O)c2ccccc2F)C(C)C)CC1. The van der Waals surface area contributed by atoms with E-state index in [0.29, 0.717) is 5.92 Å². The molecule has 28 heavy (non-hydrogen) atoms. The van der Waals surface area contributed by atoms with Crippen molar-refractivity contribution >= 4 is 17.8 Å². The number of carbonyl (C=O) groups is 3. The largest absolute Gasteiger partial charge is 0.454 e. The van der Waals surface area contributed by atoms with E-state index in [1.165, 1.54) is 24.3 Å². The number of ether oxygens (including phenoxy) is 1. The van der Waals surface area contributed by atoms with E-state index in [9.17, 15) is 18.8 Å². The highest BCUT2D eigenvalue weighted by atomic mass is 19.1. The molecule has 0 heterocycles. The van der Waals surface area contributed by atoms with Crippen LogP contribution in [0.15, 0.2) is 24.3 Å². The van der Waals surface area contributed by atoms with E-state index in [-0.39, 0.29) is 23.4 Å². The van der Waals surface area contributed by atoms with Gasteiger partial charge in [-0.1, -0.05) is 32.9 Å². The molecule has 0 spiro atoms. The van der Waals surface area contributed by atoms with Crippen LogP contribution in [0.1, 0.15) is 56.8 Å². The lowest BCUT2D eigenvalue weighted by molar-refractivity contribution is -0.151. The van der Waals surface area contributed by atoms with Crippen molar-refractivity contribution in [2.24, 2.45) is 11.8 Å². The summed E-state index contributed by atoms with van der Waals surface area (Å²) in [5, 5.41) is 5.38. The molecule has 1 atom stereocenters. The van der Waals surface area contributed by atoms with Crippen LogP contribution in [-0.4, -0.2) is 36.5 Å². The Labute approximate surface area is 165 Å². The quantitative estimate of drug-likeness (QED) is 0.699. The molecule has 0 bridgehead atoms. The highest BCUT2D eigenvalue weighted by Gasteiger charge is 2.28. The van der Waals surface area contributed by atoms with E-state index in [0.717, 1.165) is 25.7 Å². The van der Waals surface area contributed by atoms with E-state index in [4.69, 9.17) is 4.74 Å². The third-order valence-electron chi connectivity index (χ3n) is 5.05. The van der Waals surface area contributed by atoms with Gasteiger partial charge in [0.25, 0.3) is 11.8 Å². The van der Waals surface area contributed by atoms with Crippen LogP contribution in [0.2, 0.25) is 0 Å². The predicted octanol–water partition coefficient (Wildman–Crippen LogP) is 2.82. The van der Waals surface area contributed by atoms with Crippen molar-refractivity contribution in [2.45, 2.75) is 58.5 Å². The molecule has 1 aliphatic rings. The average Bonchev–Trinajstić information content (AvgIpc) is 2.66. The fourth-order valence-corrected chi connectivity index (χ4v) is 3.26. The smallest absolute Gasteiger partial charge is 0.329 e. The summed E-state index contributed by atoms with van der Waals surface area (Å²) in [4.78, 5) is 36.7. The van der Waals surface area contributed by atoms with Crippen molar-refractivity contribution in [3.63, 3.8) is 0 Å². The van der Waals surface area contributed by atoms with Gasteiger partial charge in [0.1, 0.15) is 11.9 Å². The summed E-state index contributed by atoms with van der Waals surface area (Å²) in [5.41, 5.74) is -0.148. The van der Waals surface area contributed by atoms with Crippen LogP contribution >= 0.6 is 0 Å². The fraction of sp³-hybridized carbons (Fsp3) is 0.571. The topological polar surface area (TPSA) is 84.5 Å². The van der Waals surface area contributed by atoms with Crippen LogP contribution in [0.5, 0.6) is 0 Å². The zero-order valence-corrected chi connectivity index (χ0v) is 16.7. The van der Waals surface area contributed by atoms with Crippen molar-refractivity contribution in [3.05, 3.63) is 35.6 Å². The molecule has 2 rings (SSSR count). The Balaban J connectivity index is 1.86. The summed E-state index contributed by atoms with van der Waals surface area (Å²) < 4.78 is 18.9. The minimum atomic E-state index is -0.976. The Morgan fingerprint density at radius 3 is 2.39 bits per heavy atom. The van der Waals surface area contributed by atoms with Crippen LogP contribution in [0.3, 0.4) is 0 Å². The van der Waals surface area contributed by atoms with Gasteiger partial charge in [0.15, 0.2) is 6.61 Å². The number of halogens is 1. The molecule has 7 heteroatoms. The van der Waals surface area contributed by atoms with Crippen molar-refractivity contribution < 1.29 is 23.5 Å². The third-order valence-corrected chi connectivity index (χ3v) is 5.05. The summed E-state index contributed by atoms with van der Waals surface area (Å²) in [5.74, 6) is -2.04. The first-order valence-electron chi connectivity index (χ1n) is 9.79. The Hall–Kier alpha value is -2.44. The summed E-state index contributed by atoms with van der Waals surface area (Å²) in [6, 6.07) is 4.67. The molecule has 0 aliphatic heterocycles. The van der Waals surface area contributed by atoms with Crippen molar-refractivity contribution in [1.82, 2.24) is 10.6 Å². The molecule has 0 aromatic heterocycles. The number of amides is 2. The van der Waals surface area contributed by atoms with Crippen LogP contribution in [0.25, 0.3) is 0 Å². The van der Waals surface area contributed by atoms with Crippen LogP contribution in [0.4, 0.5) is 4.39 Å². The minimum Gasteiger partial charge on any atom is -0.454 e. The molecule has 1 aliphatic carbocycles. The van der Waals surface area contributed by atoms with Crippen LogP contribution in [0, 0.1) is 17.7 Å². The van der Waals surface area contributed by atoms with Crippen molar-refractivity contribution in [1.29, 1.82) is 0 Å². The molecule has 1 aromatic rings. The Morgan fingerprint density at radius 2 is 1.79 bits per heavy atom. The third kappa shape index (κ3) is 6.32. The van der Waals surface area contributed by atoms with Gasteiger partial charge in [0, 0.05) is 6.04 Å². The monoisotopic (exact) mass is 392 g/mol. The maximum Gasteiger partial charge on any atom is 0.329 e. The zero-order valence-electron chi connectivity index (χ0n) is 16.7. The molecule has 0 saturated heterocycles. The number of hydrogen-bond acceptors (Lipinski definition) is 4. The van der Waals surface area contributed by atoms with Crippen molar-refractivity contribution in [3.8, 4) is 0 Å². The predicted molar refractivity (Wildman–Crippen MR) is 103 cm³/mol. The van der Waals surface area contributed by atoms with Crippen LogP contribution in [-0.2, 0) is 14.3 Å². The van der Waals surface area contributed by atoms with Gasteiger partial charge >= 0.3 is 5.97 Å². The lowest BCUT2D eigenvalue weighted by Gasteiger charge is -2.27. The highest BCUT2D eigenvalue weighted by molar-refractivity contribution is 5.97. The second-order valence-electron chi connectivity index (χ2n) is 7.81. The van der Waals surface area contributed by atoms with E-state index < -0.39 is 30.3 Å². The van der Waals surface area contributed by atoms with Gasteiger partial charge in [-0.25, -0.2) is 9.18 Å². The second-order valence-corrected chi connectivity index (χ2v) is 7.81. The van der Waals surface area contributed by atoms with Gasteiger partial charge in [-0.3, -0.25) is 9.59 Å². The minimum absolute atomic E-state index is 0.115. The van der Waals surface area contributed by atoms with Gasteiger partial charge in [0.05, 0.1) is 5.56 Å². The first kappa shape index (κ1) is 21.9. The lowest BCUT2D eigenvalue weighted by atomic mass is 9.87. The zero-order chi connectivity index (χ0) is 20.7. The summed E-state index contributed by atoms with van der Waals surface area (Å²) in [6.07, 6.45) is 3.99. The Kier molecular flexibility index (Phi) is 7.96. The Bertz CT molecular complexity index is 699. The fourth-order valence-electron chi connectivity index (χ4n) is 3.26. The van der Waals surface area contributed by atoms with Gasteiger partial charge < -0.3 is 15.4 Å². The molecule has 0 radical (unpaired) electrons. The number of carbonyl (C=O) groups excluding carboxylic acids is 3. The Morgan fingerprint density at radius 1 is 1.14 bits per heavy atom. The molecule has 2 N–H and O–H groups in total. The van der Waals surface area contributed by atoms with Crippen molar-refractivity contribution in [2.75, 3.05) is 6.61 Å². The normalized spacial score (nSPS) is 20.3. The number of nitrogens with one attached hydrogen (secondary N) is 2. The molecule has 1 saturated carbocycles. The van der Waals surface area contributed by atoms with Gasteiger partial charge in [-0.05, 0) is 49.7 Å². The van der Waals surface area contributed by atoms with Gasteiger partial charge in [0.2, 0.25) is 0 Å². The van der Waals surface area contributed by atoms with Crippen LogP contribution < -0.4 is 10.6 Å². The second kappa shape index (κ2) is 10.2. The first-order valence-corrected chi connectivity index (χ1v) is 9.79. The molecule has 1 fully saturated rings. The standard InChI is InChI=1S/C21H29FN2O4/c1-13(2)19(24-20(26)16-6-4-5-7-17(16)22)21(27)28-12-18(25)23-15-10-8-14(3)9-11-15/h4-7,13-15,19H,8-12H2,1-3H3,(H,23,25)(H,24,26)/t14?,15?,19-/m0/s1. The average molecular weight is 392 g/mol. The molecular weight excluding hydrogens is 363 g/mol. The number of esters is 1. The van der Waals surface area contributed by atoms with Gasteiger partial charge in [-0.2, -0.15) is 0 Å². The summed E-state index contributed by atoms with van der Waals surface area (Å²) in [7, 11) is 0. The van der Waals surface area contributed by atoms with E-state index in [1.54, 1.807) is 13.8 Å². The maximum atomic E-state index is 13.8. The lowest BCUT2D eigenvalue weighted by Crippen LogP contribution is -2.47. The first-order chi connectivity index (χ1) is 13.3. The summed E-state index contributed by atoms with van der Waals surface area (Å²) >= 11 is 0. The molecule has 1 aromatic carbocycles. The van der Waals surface area contributed by atoms with E-state index in [1.807, 2.05) is 0 Å². The molecule has 2 amide bonds.